The molecular formula is C23H21N3O4S. The minimum atomic E-state index is -3.65. The monoisotopic (exact) mass is 435 g/mol. The molecule has 0 aromatic heterocycles. The van der Waals surface area contributed by atoms with Gasteiger partial charge in [-0.2, -0.15) is 0 Å². The van der Waals surface area contributed by atoms with E-state index in [2.05, 4.69) is 5.32 Å². The molecule has 0 saturated heterocycles. The first-order valence-electron chi connectivity index (χ1n) is 9.74. The molecule has 1 aliphatic rings. The second kappa shape index (κ2) is 8.23. The number of fused-ring (bicyclic) bond motifs is 1. The molecule has 0 unspecified atom stereocenters. The molecule has 0 radical (unpaired) electrons. The van der Waals surface area contributed by atoms with Gasteiger partial charge in [-0.05, 0) is 60.0 Å². The van der Waals surface area contributed by atoms with Crippen molar-refractivity contribution in [3.63, 3.8) is 0 Å². The van der Waals surface area contributed by atoms with E-state index >= 15 is 0 Å². The molecule has 1 heterocycles. The van der Waals surface area contributed by atoms with Gasteiger partial charge in [0.1, 0.15) is 0 Å². The number of carbonyl (C=O) groups excluding carboxylic acids is 2. The Morgan fingerprint density at radius 1 is 0.968 bits per heavy atom. The zero-order valence-electron chi connectivity index (χ0n) is 16.6. The Morgan fingerprint density at radius 3 is 2.35 bits per heavy atom. The fourth-order valence-electron chi connectivity index (χ4n) is 3.59. The van der Waals surface area contributed by atoms with Crippen LogP contribution in [0.3, 0.4) is 0 Å². The van der Waals surface area contributed by atoms with Gasteiger partial charge in [0.2, 0.25) is 5.91 Å². The SMILES string of the molecule is NC(=O)Cc1ccc(NC(=O)c2ccc3c(c2)CCN3S(=O)(=O)c2ccccc2)cc1. The molecule has 7 nitrogen and oxygen atoms in total. The Balaban J connectivity index is 1.51. The van der Waals surface area contributed by atoms with E-state index < -0.39 is 15.9 Å². The van der Waals surface area contributed by atoms with Gasteiger partial charge in [0.25, 0.3) is 15.9 Å². The molecule has 0 fully saturated rings. The molecule has 3 aromatic rings. The van der Waals surface area contributed by atoms with E-state index in [1.54, 1.807) is 72.8 Å². The summed E-state index contributed by atoms with van der Waals surface area (Å²) in [6.45, 7) is 0.332. The highest BCUT2D eigenvalue weighted by Crippen LogP contribution is 2.33. The van der Waals surface area contributed by atoms with Crippen molar-refractivity contribution in [2.45, 2.75) is 17.7 Å². The lowest BCUT2D eigenvalue weighted by Crippen LogP contribution is -2.29. The van der Waals surface area contributed by atoms with Crippen molar-refractivity contribution in [3.8, 4) is 0 Å². The van der Waals surface area contributed by atoms with Crippen LogP contribution in [0.2, 0.25) is 0 Å². The molecule has 0 spiro atoms. The van der Waals surface area contributed by atoms with Crippen LogP contribution in [0, 0.1) is 0 Å². The predicted octanol–water partition coefficient (Wildman–Crippen LogP) is 2.72. The highest BCUT2D eigenvalue weighted by atomic mass is 32.2. The normalized spacial score (nSPS) is 13.0. The Labute approximate surface area is 180 Å². The van der Waals surface area contributed by atoms with E-state index in [0.717, 1.165) is 11.1 Å². The maximum atomic E-state index is 13.0. The molecule has 4 rings (SSSR count). The second-order valence-corrected chi connectivity index (χ2v) is 9.14. The number of benzene rings is 3. The van der Waals surface area contributed by atoms with Gasteiger partial charge >= 0.3 is 0 Å². The van der Waals surface area contributed by atoms with Crippen LogP contribution in [0.5, 0.6) is 0 Å². The standard InChI is InChI=1S/C23H21N3O4S/c24-22(27)14-16-6-9-19(10-7-16)25-23(28)18-8-11-21-17(15-18)12-13-26(21)31(29,30)20-4-2-1-3-5-20/h1-11,15H,12-14H2,(H2,24,27)(H,25,28). The lowest BCUT2D eigenvalue weighted by molar-refractivity contribution is -0.117. The predicted molar refractivity (Wildman–Crippen MR) is 118 cm³/mol. The van der Waals surface area contributed by atoms with Crippen molar-refractivity contribution in [1.82, 2.24) is 0 Å². The third-order valence-corrected chi connectivity index (χ3v) is 6.94. The Kier molecular flexibility index (Phi) is 5.48. The summed E-state index contributed by atoms with van der Waals surface area (Å²) in [6.07, 6.45) is 0.672. The zero-order chi connectivity index (χ0) is 22.0. The van der Waals surface area contributed by atoms with Crippen LogP contribution in [0.25, 0.3) is 0 Å². The van der Waals surface area contributed by atoms with Crippen molar-refractivity contribution in [2.75, 3.05) is 16.2 Å². The summed E-state index contributed by atoms with van der Waals surface area (Å²) in [5, 5.41) is 2.81. The molecule has 1 aliphatic heterocycles. The average molecular weight is 436 g/mol. The van der Waals surface area contributed by atoms with Crippen molar-refractivity contribution in [3.05, 3.63) is 89.5 Å². The Morgan fingerprint density at radius 2 is 1.68 bits per heavy atom. The van der Waals surface area contributed by atoms with Crippen LogP contribution in [-0.4, -0.2) is 26.8 Å². The van der Waals surface area contributed by atoms with E-state index in [1.165, 1.54) is 4.31 Å². The molecule has 3 N–H and O–H groups in total. The molecule has 0 bridgehead atoms. The van der Waals surface area contributed by atoms with Crippen LogP contribution in [0.1, 0.15) is 21.5 Å². The minimum Gasteiger partial charge on any atom is -0.369 e. The zero-order valence-corrected chi connectivity index (χ0v) is 17.4. The van der Waals surface area contributed by atoms with Gasteiger partial charge in [0.05, 0.1) is 17.0 Å². The maximum absolute atomic E-state index is 13.0. The van der Waals surface area contributed by atoms with Crippen molar-refractivity contribution >= 4 is 33.2 Å². The molecular weight excluding hydrogens is 414 g/mol. The first-order valence-corrected chi connectivity index (χ1v) is 11.2. The molecule has 31 heavy (non-hydrogen) atoms. The molecule has 158 valence electrons. The summed E-state index contributed by atoms with van der Waals surface area (Å²) in [5.74, 6) is -0.715. The number of primary amides is 1. The summed E-state index contributed by atoms with van der Waals surface area (Å²) in [7, 11) is -3.65. The smallest absolute Gasteiger partial charge is 0.264 e. The number of nitrogens with two attached hydrogens (primary N) is 1. The summed E-state index contributed by atoms with van der Waals surface area (Å²) < 4.78 is 27.3. The Bertz CT molecular complexity index is 1240. The molecule has 0 saturated carbocycles. The first kappa shape index (κ1) is 20.6. The van der Waals surface area contributed by atoms with Gasteiger partial charge in [-0.15, -0.1) is 0 Å². The number of carbonyl (C=O) groups is 2. The van der Waals surface area contributed by atoms with Gasteiger partial charge in [0, 0.05) is 17.8 Å². The van der Waals surface area contributed by atoms with Crippen LogP contribution in [0.15, 0.2) is 77.7 Å². The number of hydrogen-bond donors (Lipinski definition) is 2. The average Bonchev–Trinajstić information content (AvgIpc) is 3.19. The Hall–Kier alpha value is -3.65. The number of sulfonamides is 1. The molecule has 8 heteroatoms. The molecule has 0 aliphatic carbocycles. The van der Waals surface area contributed by atoms with Gasteiger partial charge in [-0.3, -0.25) is 13.9 Å². The van der Waals surface area contributed by atoms with Gasteiger partial charge in [-0.25, -0.2) is 8.42 Å². The molecule has 0 atom stereocenters. The minimum absolute atomic E-state index is 0.140. The van der Waals surface area contributed by atoms with E-state index in [1.807, 2.05) is 0 Å². The van der Waals surface area contributed by atoms with Crippen molar-refractivity contribution in [1.29, 1.82) is 0 Å². The number of hydrogen-bond acceptors (Lipinski definition) is 4. The number of rotatable bonds is 6. The fourth-order valence-corrected chi connectivity index (χ4v) is 5.12. The van der Waals surface area contributed by atoms with E-state index in [4.69, 9.17) is 5.73 Å². The second-order valence-electron chi connectivity index (χ2n) is 7.28. The van der Waals surface area contributed by atoms with Gasteiger partial charge in [0.15, 0.2) is 0 Å². The summed E-state index contributed by atoms with van der Waals surface area (Å²) >= 11 is 0. The van der Waals surface area contributed by atoms with E-state index in [9.17, 15) is 18.0 Å². The summed E-state index contributed by atoms with van der Waals surface area (Å²) in [6, 6.07) is 20.2. The summed E-state index contributed by atoms with van der Waals surface area (Å²) in [5.41, 5.74) is 8.39. The van der Waals surface area contributed by atoms with Gasteiger partial charge in [-0.1, -0.05) is 30.3 Å². The number of anilines is 2. The molecule has 3 aromatic carbocycles. The van der Waals surface area contributed by atoms with Crippen LogP contribution < -0.4 is 15.4 Å². The summed E-state index contributed by atoms with van der Waals surface area (Å²) in [4.78, 5) is 23.9. The largest absolute Gasteiger partial charge is 0.369 e. The number of amides is 2. The third kappa shape index (κ3) is 4.29. The number of nitrogens with zero attached hydrogens (tertiary/aromatic N) is 1. The first-order chi connectivity index (χ1) is 14.8. The lowest BCUT2D eigenvalue weighted by atomic mass is 10.1. The fraction of sp³-hybridized carbons (Fsp3) is 0.130. The van der Waals surface area contributed by atoms with E-state index in [-0.39, 0.29) is 17.2 Å². The third-order valence-electron chi connectivity index (χ3n) is 5.12. The van der Waals surface area contributed by atoms with Crippen LogP contribution in [-0.2, 0) is 27.7 Å². The highest BCUT2D eigenvalue weighted by molar-refractivity contribution is 7.92. The quantitative estimate of drug-likeness (QED) is 0.620. The van der Waals surface area contributed by atoms with E-state index in [0.29, 0.717) is 29.9 Å². The molecule has 2 amide bonds. The van der Waals surface area contributed by atoms with Crippen LogP contribution >= 0.6 is 0 Å². The topological polar surface area (TPSA) is 110 Å². The van der Waals surface area contributed by atoms with Crippen molar-refractivity contribution in [2.24, 2.45) is 5.73 Å². The van der Waals surface area contributed by atoms with Crippen molar-refractivity contribution < 1.29 is 18.0 Å². The highest BCUT2D eigenvalue weighted by Gasteiger charge is 2.31. The lowest BCUT2D eigenvalue weighted by Gasteiger charge is -2.19. The maximum Gasteiger partial charge on any atom is 0.264 e. The van der Waals surface area contributed by atoms with Crippen LogP contribution in [0.4, 0.5) is 11.4 Å². The van der Waals surface area contributed by atoms with Gasteiger partial charge < -0.3 is 11.1 Å². The number of nitrogens with one attached hydrogen (secondary N) is 1.